The third-order valence-corrected chi connectivity index (χ3v) is 4.23. The Bertz CT molecular complexity index is 288. The fourth-order valence-electron chi connectivity index (χ4n) is 2.77. The van der Waals surface area contributed by atoms with Crippen molar-refractivity contribution < 1.29 is 4.79 Å². The Morgan fingerprint density at radius 2 is 1.84 bits per heavy atom. The van der Waals surface area contributed by atoms with Crippen molar-refractivity contribution in [2.24, 2.45) is 11.8 Å². The Morgan fingerprint density at radius 3 is 2.32 bits per heavy atom. The van der Waals surface area contributed by atoms with Crippen LogP contribution in [0.5, 0.6) is 0 Å². The molecule has 112 valence electrons. The van der Waals surface area contributed by atoms with Crippen molar-refractivity contribution in [1.29, 1.82) is 0 Å². The second-order valence-electron chi connectivity index (χ2n) is 6.74. The molecule has 3 nitrogen and oxygen atoms in total. The first-order chi connectivity index (χ1) is 8.88. The summed E-state index contributed by atoms with van der Waals surface area (Å²) >= 11 is 0. The average Bonchev–Trinajstić information content (AvgIpc) is 2.61. The van der Waals surface area contributed by atoms with Gasteiger partial charge in [0.15, 0.2) is 0 Å². The number of nitrogens with zero attached hydrogens (tertiary/aromatic N) is 1. The zero-order valence-corrected chi connectivity index (χ0v) is 13.6. The predicted molar refractivity (Wildman–Crippen MR) is 80.8 cm³/mol. The van der Waals surface area contributed by atoms with E-state index in [1.165, 1.54) is 0 Å². The highest BCUT2D eigenvalue weighted by molar-refractivity contribution is 5.84. The quantitative estimate of drug-likeness (QED) is 0.767. The number of nitrogens with one attached hydrogen (secondary N) is 1. The first kappa shape index (κ1) is 16.5. The normalized spacial score (nSPS) is 25.7. The second-order valence-corrected chi connectivity index (χ2v) is 6.74. The van der Waals surface area contributed by atoms with Crippen LogP contribution in [0.4, 0.5) is 0 Å². The van der Waals surface area contributed by atoms with E-state index in [4.69, 9.17) is 0 Å². The number of carbonyl (C=O) groups is 1. The summed E-state index contributed by atoms with van der Waals surface area (Å²) in [5, 5.41) is 3.57. The molecule has 0 aromatic rings. The topological polar surface area (TPSA) is 32.3 Å². The molecular formula is C16H32N2O. The zero-order valence-electron chi connectivity index (χ0n) is 13.6. The van der Waals surface area contributed by atoms with E-state index < -0.39 is 0 Å². The number of hydrogen-bond acceptors (Lipinski definition) is 2. The fraction of sp³-hybridized carbons (Fsp3) is 0.938. The number of hydrogen-bond donors (Lipinski definition) is 1. The number of amides is 1. The molecule has 1 aliphatic heterocycles. The lowest BCUT2D eigenvalue weighted by Crippen LogP contribution is -2.46. The van der Waals surface area contributed by atoms with Gasteiger partial charge in [0, 0.05) is 6.04 Å². The van der Waals surface area contributed by atoms with Gasteiger partial charge in [0.2, 0.25) is 5.91 Å². The summed E-state index contributed by atoms with van der Waals surface area (Å²) in [6.07, 6.45) is 4.53. The van der Waals surface area contributed by atoms with E-state index in [0.717, 1.165) is 25.7 Å². The monoisotopic (exact) mass is 268 g/mol. The molecule has 3 heteroatoms. The molecule has 1 heterocycles. The van der Waals surface area contributed by atoms with Gasteiger partial charge in [-0.3, -0.25) is 10.1 Å². The van der Waals surface area contributed by atoms with Crippen LogP contribution in [0.15, 0.2) is 0 Å². The first-order valence-electron chi connectivity index (χ1n) is 7.96. The Hall–Kier alpha value is -0.570. The fourth-order valence-corrected chi connectivity index (χ4v) is 2.77. The van der Waals surface area contributed by atoms with Gasteiger partial charge < -0.3 is 4.90 Å². The molecule has 3 atom stereocenters. The highest BCUT2D eigenvalue weighted by atomic mass is 16.2. The summed E-state index contributed by atoms with van der Waals surface area (Å²) in [7, 11) is 0. The highest BCUT2D eigenvalue weighted by Crippen LogP contribution is 2.25. The minimum absolute atomic E-state index is 0.0462. The van der Waals surface area contributed by atoms with Crippen LogP contribution >= 0.6 is 0 Å². The van der Waals surface area contributed by atoms with Gasteiger partial charge in [-0.25, -0.2) is 0 Å². The Kier molecular flexibility index (Phi) is 6.31. The molecule has 0 spiro atoms. The molecule has 1 rings (SSSR count). The maximum atomic E-state index is 12.6. The Balaban J connectivity index is 2.79. The van der Waals surface area contributed by atoms with Crippen molar-refractivity contribution in [3.8, 4) is 0 Å². The first-order valence-corrected chi connectivity index (χ1v) is 7.96. The molecule has 19 heavy (non-hydrogen) atoms. The molecule has 0 bridgehead atoms. The van der Waals surface area contributed by atoms with Gasteiger partial charge >= 0.3 is 0 Å². The molecule has 0 radical (unpaired) electrons. The summed E-state index contributed by atoms with van der Waals surface area (Å²) in [5.74, 6) is 1.43. The molecule has 0 aliphatic carbocycles. The minimum Gasteiger partial charge on any atom is -0.323 e. The smallest absolute Gasteiger partial charge is 0.241 e. The van der Waals surface area contributed by atoms with E-state index >= 15 is 0 Å². The van der Waals surface area contributed by atoms with Crippen LogP contribution in [0.1, 0.15) is 67.2 Å². The lowest BCUT2D eigenvalue weighted by Gasteiger charge is -2.33. The summed E-state index contributed by atoms with van der Waals surface area (Å²) in [4.78, 5) is 14.7. The van der Waals surface area contributed by atoms with Gasteiger partial charge in [-0.1, -0.05) is 47.5 Å². The molecule has 0 saturated carbocycles. The molecular weight excluding hydrogens is 236 g/mol. The van der Waals surface area contributed by atoms with Gasteiger partial charge in [0.05, 0.1) is 12.2 Å². The zero-order chi connectivity index (χ0) is 14.6. The number of rotatable bonds is 7. The van der Waals surface area contributed by atoms with Crippen LogP contribution in [-0.2, 0) is 4.79 Å². The van der Waals surface area contributed by atoms with E-state index in [0.29, 0.717) is 23.8 Å². The van der Waals surface area contributed by atoms with Crippen molar-refractivity contribution in [2.45, 2.75) is 85.5 Å². The Labute approximate surface area is 119 Å². The maximum absolute atomic E-state index is 12.6. The number of unbranched alkanes of at least 4 members (excludes halogenated alkanes) is 1. The lowest BCUT2D eigenvalue weighted by atomic mass is 10.0. The van der Waals surface area contributed by atoms with E-state index in [-0.39, 0.29) is 12.2 Å². The third-order valence-electron chi connectivity index (χ3n) is 4.23. The molecule has 0 aromatic heterocycles. The van der Waals surface area contributed by atoms with Crippen LogP contribution in [0.2, 0.25) is 0 Å². The maximum Gasteiger partial charge on any atom is 0.241 e. The molecule has 1 saturated heterocycles. The Morgan fingerprint density at radius 1 is 1.21 bits per heavy atom. The van der Waals surface area contributed by atoms with E-state index in [1.54, 1.807) is 0 Å². The molecule has 1 aliphatic rings. The van der Waals surface area contributed by atoms with Gasteiger partial charge in [-0.05, 0) is 31.6 Å². The van der Waals surface area contributed by atoms with Crippen LogP contribution in [0.3, 0.4) is 0 Å². The minimum atomic E-state index is 0.0462. The van der Waals surface area contributed by atoms with E-state index in [1.807, 2.05) is 0 Å². The van der Waals surface area contributed by atoms with Crippen LogP contribution in [0, 0.1) is 11.8 Å². The molecule has 0 aromatic carbocycles. The molecule has 1 fully saturated rings. The standard InChI is InChI=1S/C16H32N2O/c1-7-8-9-14-16(19)18(13(6)12(4)5)15(17-14)10-11(2)3/h11-15,17H,7-10H2,1-6H3. The lowest BCUT2D eigenvalue weighted by molar-refractivity contribution is -0.133. The van der Waals surface area contributed by atoms with Crippen LogP contribution in [-0.4, -0.2) is 29.1 Å². The van der Waals surface area contributed by atoms with Crippen molar-refractivity contribution in [3.05, 3.63) is 0 Å². The predicted octanol–water partition coefficient (Wildman–Crippen LogP) is 3.39. The SMILES string of the molecule is CCCCC1NC(CC(C)C)N(C(C)C(C)C)C1=O. The second kappa shape index (κ2) is 7.28. The van der Waals surface area contributed by atoms with Gasteiger partial charge in [0.25, 0.3) is 0 Å². The van der Waals surface area contributed by atoms with Gasteiger partial charge in [-0.2, -0.15) is 0 Å². The average molecular weight is 268 g/mol. The van der Waals surface area contributed by atoms with Crippen molar-refractivity contribution in [1.82, 2.24) is 10.2 Å². The van der Waals surface area contributed by atoms with Gasteiger partial charge in [0.1, 0.15) is 0 Å². The molecule has 3 unspecified atom stereocenters. The van der Waals surface area contributed by atoms with Crippen LogP contribution < -0.4 is 5.32 Å². The van der Waals surface area contributed by atoms with Crippen molar-refractivity contribution >= 4 is 5.91 Å². The highest BCUT2D eigenvalue weighted by Gasteiger charge is 2.41. The number of carbonyl (C=O) groups excluding carboxylic acids is 1. The van der Waals surface area contributed by atoms with E-state index in [2.05, 4.69) is 51.8 Å². The summed E-state index contributed by atoms with van der Waals surface area (Å²) < 4.78 is 0. The van der Waals surface area contributed by atoms with E-state index in [9.17, 15) is 4.79 Å². The summed E-state index contributed by atoms with van der Waals surface area (Å²) in [5.41, 5.74) is 0. The van der Waals surface area contributed by atoms with Gasteiger partial charge in [-0.15, -0.1) is 0 Å². The summed E-state index contributed by atoms with van der Waals surface area (Å²) in [6.45, 7) is 13.2. The largest absolute Gasteiger partial charge is 0.323 e. The third kappa shape index (κ3) is 4.20. The summed E-state index contributed by atoms with van der Waals surface area (Å²) in [6, 6.07) is 0.361. The van der Waals surface area contributed by atoms with Crippen molar-refractivity contribution in [2.75, 3.05) is 0 Å². The van der Waals surface area contributed by atoms with Crippen LogP contribution in [0.25, 0.3) is 0 Å². The van der Waals surface area contributed by atoms with Crippen molar-refractivity contribution in [3.63, 3.8) is 0 Å². The molecule has 1 amide bonds. The molecule has 1 N–H and O–H groups in total.